The van der Waals surface area contributed by atoms with Crippen LogP contribution in [0.3, 0.4) is 0 Å². The Morgan fingerprint density at radius 3 is 2.56 bits per heavy atom. The molecule has 10 heteroatoms. The Balaban J connectivity index is 0.00000364. The third kappa shape index (κ3) is 8.26. The first kappa shape index (κ1) is 23.4. The van der Waals surface area contributed by atoms with Crippen LogP contribution in [0, 0.1) is 0 Å². The molecule has 0 spiro atoms. The molecule has 27 heavy (non-hydrogen) atoms. The number of hydrogen-bond donors (Lipinski definition) is 3. The van der Waals surface area contributed by atoms with E-state index >= 15 is 0 Å². The van der Waals surface area contributed by atoms with E-state index in [1.807, 2.05) is 37.3 Å². The molecule has 0 aliphatic heterocycles. The molecule has 3 N–H and O–H groups in total. The minimum Gasteiger partial charge on any atom is -0.444 e. The normalized spacial score (nSPS) is 11.7. The lowest BCUT2D eigenvalue weighted by Gasteiger charge is -2.11. The standard InChI is InChI=1S/C17H25N5O3S.HI/c1-3-18-17(19-10-11-21-26(23,24)4-2)20-12-15-13-25-16(22-15)14-8-6-5-7-9-14;/h5-9,13,21H,3-4,10-12H2,1-2H3,(H2,18,19,20);1H. The molecule has 1 heterocycles. The number of aliphatic imine (C=N–C) groups is 1. The van der Waals surface area contributed by atoms with E-state index in [-0.39, 0.29) is 29.7 Å². The van der Waals surface area contributed by atoms with Gasteiger partial charge in [-0.2, -0.15) is 0 Å². The van der Waals surface area contributed by atoms with Crippen molar-refractivity contribution in [3.8, 4) is 11.5 Å². The van der Waals surface area contributed by atoms with Crippen molar-refractivity contribution in [3.63, 3.8) is 0 Å². The molecule has 2 rings (SSSR count). The number of nitrogens with zero attached hydrogens (tertiary/aromatic N) is 2. The average molecular weight is 507 g/mol. The molecule has 1 aromatic carbocycles. The van der Waals surface area contributed by atoms with Gasteiger partial charge in [-0.25, -0.2) is 23.1 Å². The predicted octanol–water partition coefficient (Wildman–Crippen LogP) is 1.95. The zero-order valence-electron chi connectivity index (χ0n) is 15.4. The van der Waals surface area contributed by atoms with Crippen LogP contribution in [0.4, 0.5) is 0 Å². The van der Waals surface area contributed by atoms with E-state index in [2.05, 4.69) is 25.3 Å². The quantitative estimate of drug-likeness (QED) is 0.207. The lowest BCUT2D eigenvalue weighted by molar-refractivity contribution is 0.572. The van der Waals surface area contributed by atoms with Gasteiger partial charge < -0.3 is 15.1 Å². The minimum atomic E-state index is -3.18. The molecular weight excluding hydrogens is 481 g/mol. The minimum absolute atomic E-state index is 0. The molecule has 0 amide bonds. The van der Waals surface area contributed by atoms with Crippen LogP contribution in [0.2, 0.25) is 0 Å². The van der Waals surface area contributed by atoms with Gasteiger partial charge in [-0.1, -0.05) is 18.2 Å². The van der Waals surface area contributed by atoms with Crippen LogP contribution in [0.1, 0.15) is 19.5 Å². The molecule has 0 saturated heterocycles. The molecule has 0 bridgehead atoms. The van der Waals surface area contributed by atoms with Gasteiger partial charge in [0, 0.05) is 25.2 Å². The second-order valence-electron chi connectivity index (χ2n) is 5.43. The molecule has 8 nitrogen and oxygen atoms in total. The maximum absolute atomic E-state index is 11.4. The largest absolute Gasteiger partial charge is 0.444 e. The van der Waals surface area contributed by atoms with Crippen molar-refractivity contribution < 1.29 is 12.8 Å². The molecule has 0 atom stereocenters. The van der Waals surface area contributed by atoms with Crippen LogP contribution >= 0.6 is 24.0 Å². The molecular formula is C17H26IN5O3S. The number of aromatic nitrogens is 1. The summed E-state index contributed by atoms with van der Waals surface area (Å²) >= 11 is 0. The van der Waals surface area contributed by atoms with Crippen LogP contribution < -0.4 is 15.4 Å². The molecule has 0 fully saturated rings. The van der Waals surface area contributed by atoms with Crippen molar-refractivity contribution in [2.45, 2.75) is 20.4 Å². The first-order valence-electron chi connectivity index (χ1n) is 8.53. The topological polar surface area (TPSA) is 109 Å². The maximum Gasteiger partial charge on any atom is 0.226 e. The number of halogens is 1. The highest BCUT2D eigenvalue weighted by atomic mass is 127. The van der Waals surface area contributed by atoms with Gasteiger partial charge in [-0.05, 0) is 26.0 Å². The summed E-state index contributed by atoms with van der Waals surface area (Å²) in [7, 11) is -3.18. The van der Waals surface area contributed by atoms with Gasteiger partial charge in [-0.3, -0.25) is 0 Å². The lowest BCUT2D eigenvalue weighted by Crippen LogP contribution is -2.41. The molecule has 0 radical (unpaired) electrons. The van der Waals surface area contributed by atoms with E-state index < -0.39 is 10.0 Å². The molecule has 2 aromatic rings. The Labute approximate surface area is 177 Å². The van der Waals surface area contributed by atoms with Crippen LogP contribution in [0.25, 0.3) is 11.5 Å². The summed E-state index contributed by atoms with van der Waals surface area (Å²) in [4.78, 5) is 8.87. The van der Waals surface area contributed by atoms with E-state index in [0.29, 0.717) is 43.7 Å². The Morgan fingerprint density at radius 1 is 1.15 bits per heavy atom. The van der Waals surface area contributed by atoms with Crippen molar-refractivity contribution >= 4 is 40.0 Å². The Kier molecular flexibility index (Phi) is 10.3. The van der Waals surface area contributed by atoms with Crippen LogP contribution in [0.15, 0.2) is 46.0 Å². The zero-order chi connectivity index (χ0) is 18.8. The van der Waals surface area contributed by atoms with E-state index in [4.69, 9.17) is 4.42 Å². The fourth-order valence-corrected chi connectivity index (χ4v) is 2.70. The summed E-state index contributed by atoms with van der Waals surface area (Å²) in [6.45, 7) is 5.33. The monoisotopic (exact) mass is 507 g/mol. The number of nitrogens with one attached hydrogen (secondary N) is 3. The molecule has 1 aromatic heterocycles. The van der Waals surface area contributed by atoms with Crippen molar-refractivity contribution in [2.24, 2.45) is 4.99 Å². The smallest absolute Gasteiger partial charge is 0.226 e. The Hall–Kier alpha value is -1.66. The second-order valence-corrected chi connectivity index (χ2v) is 7.53. The van der Waals surface area contributed by atoms with Gasteiger partial charge in [0.05, 0.1) is 12.3 Å². The third-order valence-electron chi connectivity index (χ3n) is 3.44. The van der Waals surface area contributed by atoms with E-state index in [9.17, 15) is 8.42 Å². The molecule has 0 unspecified atom stereocenters. The van der Waals surface area contributed by atoms with Crippen LogP contribution in [0.5, 0.6) is 0 Å². The van der Waals surface area contributed by atoms with Crippen molar-refractivity contribution in [1.82, 2.24) is 20.3 Å². The fraction of sp³-hybridized carbons (Fsp3) is 0.412. The van der Waals surface area contributed by atoms with Gasteiger partial charge >= 0.3 is 0 Å². The highest BCUT2D eigenvalue weighted by Crippen LogP contribution is 2.18. The van der Waals surface area contributed by atoms with Crippen molar-refractivity contribution in [1.29, 1.82) is 0 Å². The zero-order valence-corrected chi connectivity index (χ0v) is 18.6. The van der Waals surface area contributed by atoms with Gasteiger partial charge in [0.25, 0.3) is 0 Å². The summed E-state index contributed by atoms with van der Waals surface area (Å²) in [5.41, 5.74) is 1.63. The predicted molar refractivity (Wildman–Crippen MR) is 118 cm³/mol. The highest BCUT2D eigenvalue weighted by molar-refractivity contribution is 14.0. The molecule has 0 aliphatic rings. The fourth-order valence-electron chi connectivity index (χ4n) is 2.08. The number of hydrogen-bond acceptors (Lipinski definition) is 5. The second kappa shape index (κ2) is 11.9. The Bertz CT molecular complexity index is 809. The molecule has 0 aliphatic carbocycles. The van der Waals surface area contributed by atoms with Crippen molar-refractivity contribution in [2.75, 3.05) is 25.4 Å². The summed E-state index contributed by atoms with van der Waals surface area (Å²) in [6.07, 6.45) is 1.59. The number of sulfonamides is 1. The summed E-state index contributed by atoms with van der Waals surface area (Å²) in [6, 6.07) is 9.66. The third-order valence-corrected chi connectivity index (χ3v) is 4.84. The Morgan fingerprint density at radius 2 is 1.89 bits per heavy atom. The van der Waals surface area contributed by atoms with Crippen molar-refractivity contribution in [3.05, 3.63) is 42.3 Å². The maximum atomic E-state index is 11.4. The van der Waals surface area contributed by atoms with E-state index in [1.165, 1.54) is 0 Å². The molecule has 150 valence electrons. The average Bonchev–Trinajstić information content (AvgIpc) is 3.13. The van der Waals surface area contributed by atoms with Crippen LogP contribution in [-0.4, -0.2) is 44.7 Å². The van der Waals surface area contributed by atoms with Gasteiger partial charge in [0.1, 0.15) is 12.0 Å². The number of oxazole rings is 1. The summed E-state index contributed by atoms with van der Waals surface area (Å²) in [5, 5.41) is 6.19. The number of guanidine groups is 1. The summed E-state index contributed by atoms with van der Waals surface area (Å²) < 4.78 is 30.8. The van der Waals surface area contributed by atoms with E-state index in [0.717, 1.165) is 5.56 Å². The van der Waals surface area contributed by atoms with Gasteiger partial charge in [-0.15, -0.1) is 24.0 Å². The first-order valence-corrected chi connectivity index (χ1v) is 10.2. The highest BCUT2D eigenvalue weighted by Gasteiger charge is 2.07. The first-order chi connectivity index (χ1) is 12.5. The van der Waals surface area contributed by atoms with Gasteiger partial charge in [0.2, 0.25) is 15.9 Å². The SMILES string of the molecule is CCNC(=NCc1coc(-c2ccccc2)n1)NCCNS(=O)(=O)CC.I. The molecule has 0 saturated carbocycles. The lowest BCUT2D eigenvalue weighted by atomic mass is 10.2. The summed E-state index contributed by atoms with van der Waals surface area (Å²) in [5.74, 6) is 1.21. The number of benzene rings is 1. The van der Waals surface area contributed by atoms with Crippen LogP contribution in [-0.2, 0) is 16.6 Å². The van der Waals surface area contributed by atoms with Gasteiger partial charge in [0.15, 0.2) is 5.96 Å². The number of rotatable bonds is 9. The van der Waals surface area contributed by atoms with E-state index in [1.54, 1.807) is 13.2 Å².